The molecule has 174 valence electrons. The van der Waals surface area contributed by atoms with Gasteiger partial charge in [0.15, 0.2) is 0 Å². The zero-order valence-electron chi connectivity index (χ0n) is 18.9. The molecule has 2 aromatic carbocycles. The molecule has 0 bridgehead atoms. The van der Waals surface area contributed by atoms with E-state index in [9.17, 15) is 14.4 Å². The van der Waals surface area contributed by atoms with E-state index < -0.39 is 6.04 Å². The first-order valence-corrected chi connectivity index (χ1v) is 11.3. The van der Waals surface area contributed by atoms with Gasteiger partial charge >= 0.3 is 0 Å². The molecule has 1 unspecified atom stereocenters. The highest BCUT2D eigenvalue weighted by Gasteiger charge is 2.36. The number of anilines is 1. The fourth-order valence-electron chi connectivity index (χ4n) is 4.38. The van der Waals surface area contributed by atoms with Crippen molar-refractivity contribution < 1.29 is 19.1 Å². The van der Waals surface area contributed by atoms with Crippen molar-refractivity contribution in [3.8, 4) is 5.75 Å². The van der Waals surface area contributed by atoms with Gasteiger partial charge in [-0.05, 0) is 29.8 Å². The molecular weight excluding hydrogens is 420 g/mol. The molecule has 8 nitrogen and oxygen atoms in total. The maximum Gasteiger partial charge on any atom is 0.243 e. The number of methoxy groups -OCH3 is 1. The Balaban J connectivity index is 1.36. The Labute approximate surface area is 194 Å². The topological polar surface area (TPSA) is 82.2 Å². The lowest BCUT2D eigenvalue weighted by Crippen LogP contribution is -2.59. The molecule has 2 saturated heterocycles. The molecule has 2 fully saturated rings. The van der Waals surface area contributed by atoms with E-state index in [4.69, 9.17) is 4.74 Å². The fourth-order valence-corrected chi connectivity index (χ4v) is 4.38. The number of benzene rings is 2. The van der Waals surface area contributed by atoms with Gasteiger partial charge in [-0.25, -0.2) is 0 Å². The summed E-state index contributed by atoms with van der Waals surface area (Å²) in [6.45, 7) is 3.48. The SMILES string of the molecule is COc1ccc(CC(=O)N2CCNC(=O)C2CC(=O)N2CCN(c3ccccc3)CC2)cc1. The predicted octanol–water partition coefficient (Wildman–Crippen LogP) is 1.30. The lowest BCUT2D eigenvalue weighted by Gasteiger charge is -2.39. The van der Waals surface area contributed by atoms with Crippen molar-refractivity contribution in [2.24, 2.45) is 0 Å². The van der Waals surface area contributed by atoms with E-state index in [1.807, 2.05) is 42.5 Å². The number of para-hydroxylation sites is 1. The largest absolute Gasteiger partial charge is 0.497 e. The number of rotatable bonds is 6. The third kappa shape index (κ3) is 5.45. The average molecular weight is 451 g/mol. The summed E-state index contributed by atoms with van der Waals surface area (Å²) < 4.78 is 5.16. The summed E-state index contributed by atoms with van der Waals surface area (Å²) in [5.74, 6) is 0.216. The first-order valence-electron chi connectivity index (χ1n) is 11.3. The van der Waals surface area contributed by atoms with Crippen LogP contribution in [0.1, 0.15) is 12.0 Å². The minimum atomic E-state index is -0.774. The number of nitrogens with one attached hydrogen (secondary N) is 1. The number of hydrogen-bond donors (Lipinski definition) is 1. The van der Waals surface area contributed by atoms with Crippen LogP contribution in [0.2, 0.25) is 0 Å². The maximum absolute atomic E-state index is 13.0. The summed E-state index contributed by atoms with van der Waals surface area (Å²) in [5, 5.41) is 2.80. The molecule has 0 aromatic heterocycles. The lowest BCUT2D eigenvalue weighted by molar-refractivity contribution is -0.146. The van der Waals surface area contributed by atoms with Crippen LogP contribution in [0.5, 0.6) is 5.75 Å². The van der Waals surface area contributed by atoms with Gasteiger partial charge in [0.2, 0.25) is 17.7 Å². The molecule has 2 aliphatic rings. The molecule has 0 aliphatic carbocycles. The highest BCUT2D eigenvalue weighted by Crippen LogP contribution is 2.19. The van der Waals surface area contributed by atoms with E-state index in [1.54, 1.807) is 16.9 Å². The number of piperazine rings is 2. The van der Waals surface area contributed by atoms with Crippen molar-refractivity contribution in [1.29, 1.82) is 0 Å². The number of ether oxygens (including phenoxy) is 1. The highest BCUT2D eigenvalue weighted by atomic mass is 16.5. The van der Waals surface area contributed by atoms with E-state index in [0.29, 0.717) is 26.2 Å². The van der Waals surface area contributed by atoms with Crippen LogP contribution in [-0.2, 0) is 20.8 Å². The zero-order chi connectivity index (χ0) is 23.2. The smallest absolute Gasteiger partial charge is 0.243 e. The summed E-state index contributed by atoms with van der Waals surface area (Å²) >= 11 is 0. The van der Waals surface area contributed by atoms with Gasteiger partial charge in [0.25, 0.3) is 0 Å². The van der Waals surface area contributed by atoms with Crippen LogP contribution in [0.25, 0.3) is 0 Å². The van der Waals surface area contributed by atoms with Crippen LogP contribution in [0.15, 0.2) is 54.6 Å². The van der Waals surface area contributed by atoms with Gasteiger partial charge in [0.1, 0.15) is 11.8 Å². The minimum absolute atomic E-state index is 0.00548. The third-order valence-corrected chi connectivity index (χ3v) is 6.29. The summed E-state index contributed by atoms with van der Waals surface area (Å²) in [5.41, 5.74) is 1.99. The van der Waals surface area contributed by atoms with E-state index >= 15 is 0 Å². The predicted molar refractivity (Wildman–Crippen MR) is 125 cm³/mol. The van der Waals surface area contributed by atoms with Gasteiger partial charge in [0.05, 0.1) is 20.0 Å². The fraction of sp³-hybridized carbons (Fsp3) is 0.400. The molecule has 3 amide bonds. The summed E-state index contributed by atoms with van der Waals surface area (Å²) in [4.78, 5) is 44.3. The number of amides is 3. The monoisotopic (exact) mass is 450 g/mol. The van der Waals surface area contributed by atoms with Crippen molar-refractivity contribution in [3.63, 3.8) is 0 Å². The molecule has 0 spiro atoms. The molecule has 8 heteroatoms. The van der Waals surface area contributed by atoms with Crippen molar-refractivity contribution in [3.05, 3.63) is 60.2 Å². The Hall–Kier alpha value is -3.55. The third-order valence-electron chi connectivity index (χ3n) is 6.29. The van der Waals surface area contributed by atoms with E-state index in [2.05, 4.69) is 22.3 Å². The molecule has 33 heavy (non-hydrogen) atoms. The Kier molecular flexibility index (Phi) is 7.12. The van der Waals surface area contributed by atoms with Gasteiger partial charge in [0, 0.05) is 45.0 Å². The van der Waals surface area contributed by atoms with Gasteiger partial charge in [-0.2, -0.15) is 0 Å². The second-order valence-corrected chi connectivity index (χ2v) is 8.33. The van der Waals surface area contributed by atoms with Gasteiger partial charge in [-0.3, -0.25) is 14.4 Å². The zero-order valence-corrected chi connectivity index (χ0v) is 18.9. The van der Waals surface area contributed by atoms with Crippen LogP contribution >= 0.6 is 0 Å². The Morgan fingerprint density at radius 2 is 1.64 bits per heavy atom. The van der Waals surface area contributed by atoms with Crippen LogP contribution < -0.4 is 15.0 Å². The second kappa shape index (κ2) is 10.4. The van der Waals surface area contributed by atoms with E-state index in [0.717, 1.165) is 30.1 Å². The molecule has 1 atom stereocenters. The molecule has 0 saturated carbocycles. The van der Waals surface area contributed by atoms with Crippen LogP contribution in [0, 0.1) is 0 Å². The van der Waals surface area contributed by atoms with Gasteiger partial charge in [-0.1, -0.05) is 30.3 Å². The van der Waals surface area contributed by atoms with Gasteiger partial charge in [-0.15, -0.1) is 0 Å². The van der Waals surface area contributed by atoms with Crippen LogP contribution in [0.4, 0.5) is 5.69 Å². The summed E-state index contributed by atoms with van der Waals surface area (Å²) in [6.07, 6.45) is 0.184. The standard InChI is InChI=1S/C25H30N4O4/c1-33-21-9-7-19(8-10-21)17-24(31)29-12-11-26-25(32)22(29)18-23(30)28-15-13-27(14-16-28)20-5-3-2-4-6-20/h2-10,22H,11-18H2,1H3,(H,26,32). The van der Waals surface area contributed by atoms with E-state index in [1.165, 1.54) is 0 Å². The second-order valence-electron chi connectivity index (χ2n) is 8.33. The quantitative estimate of drug-likeness (QED) is 0.718. The Bertz CT molecular complexity index is 972. The number of hydrogen-bond acceptors (Lipinski definition) is 5. The lowest BCUT2D eigenvalue weighted by atomic mass is 10.0. The van der Waals surface area contributed by atoms with Crippen molar-refractivity contribution in [2.45, 2.75) is 18.9 Å². The summed E-state index contributed by atoms with van der Waals surface area (Å²) in [6, 6.07) is 16.7. The van der Waals surface area contributed by atoms with Crippen molar-refractivity contribution in [2.75, 3.05) is 51.3 Å². The Morgan fingerprint density at radius 1 is 0.939 bits per heavy atom. The number of carbonyl (C=O) groups is 3. The summed E-state index contributed by atoms with van der Waals surface area (Å²) in [7, 11) is 1.59. The van der Waals surface area contributed by atoms with Crippen LogP contribution in [0.3, 0.4) is 0 Å². The van der Waals surface area contributed by atoms with Crippen molar-refractivity contribution in [1.82, 2.24) is 15.1 Å². The van der Waals surface area contributed by atoms with Gasteiger partial charge < -0.3 is 24.8 Å². The van der Waals surface area contributed by atoms with Crippen molar-refractivity contribution >= 4 is 23.4 Å². The minimum Gasteiger partial charge on any atom is -0.497 e. The number of carbonyl (C=O) groups excluding carboxylic acids is 3. The maximum atomic E-state index is 13.0. The highest BCUT2D eigenvalue weighted by molar-refractivity contribution is 5.93. The van der Waals surface area contributed by atoms with E-state index in [-0.39, 0.29) is 30.6 Å². The first kappa shape index (κ1) is 22.6. The molecule has 2 aromatic rings. The normalized spacial score (nSPS) is 18.6. The number of nitrogens with zero attached hydrogens (tertiary/aromatic N) is 3. The first-order chi connectivity index (χ1) is 16.0. The molecule has 4 rings (SSSR count). The molecule has 2 aliphatic heterocycles. The molecule has 0 radical (unpaired) electrons. The Morgan fingerprint density at radius 3 is 2.30 bits per heavy atom. The molecule has 1 N–H and O–H groups in total. The molecule has 2 heterocycles. The molecular formula is C25H30N4O4. The van der Waals surface area contributed by atoms with Crippen LogP contribution in [-0.4, -0.2) is 79.9 Å². The average Bonchev–Trinajstić information content (AvgIpc) is 2.86.